The number of hydrogen-bond donors (Lipinski definition) is 1. The fraction of sp³-hybridized carbons (Fsp3) is 0.154. The summed E-state index contributed by atoms with van der Waals surface area (Å²) in [5, 5.41) is 12.0. The number of aromatic nitrogens is 1. The fourth-order valence-corrected chi connectivity index (χ4v) is 3.88. The van der Waals surface area contributed by atoms with Gasteiger partial charge in [-0.2, -0.15) is 0 Å². The minimum Gasteiger partial charge on any atom is -0.478 e. The van der Waals surface area contributed by atoms with Gasteiger partial charge in [0.25, 0.3) is 0 Å². The SMILES string of the molecule is O=C(O)c1cc(C2CC2)cnc1Cc1ccc2cc(-c3ccccc3)ccc2c1. The van der Waals surface area contributed by atoms with Crippen molar-refractivity contribution in [3.05, 3.63) is 101 Å². The summed E-state index contributed by atoms with van der Waals surface area (Å²) in [4.78, 5) is 16.3. The molecule has 0 spiro atoms. The zero-order valence-electron chi connectivity index (χ0n) is 16.0. The highest BCUT2D eigenvalue weighted by molar-refractivity contribution is 5.90. The lowest BCUT2D eigenvalue weighted by Crippen LogP contribution is -2.07. The van der Waals surface area contributed by atoms with Crippen LogP contribution in [0.4, 0.5) is 0 Å². The highest BCUT2D eigenvalue weighted by atomic mass is 16.4. The molecule has 0 aliphatic heterocycles. The first kappa shape index (κ1) is 17.6. The molecule has 29 heavy (non-hydrogen) atoms. The van der Waals surface area contributed by atoms with E-state index in [4.69, 9.17) is 0 Å². The second-order valence-corrected chi connectivity index (χ2v) is 7.78. The Morgan fingerprint density at radius 2 is 1.66 bits per heavy atom. The molecule has 0 atom stereocenters. The van der Waals surface area contributed by atoms with Crippen LogP contribution in [0.3, 0.4) is 0 Å². The number of pyridine rings is 1. The van der Waals surface area contributed by atoms with Crippen molar-refractivity contribution in [2.45, 2.75) is 25.2 Å². The summed E-state index contributed by atoms with van der Waals surface area (Å²) in [5.41, 5.74) is 5.47. The number of carboxylic acids is 1. The maximum Gasteiger partial charge on any atom is 0.337 e. The lowest BCUT2D eigenvalue weighted by atomic mass is 9.97. The van der Waals surface area contributed by atoms with Crippen LogP contribution >= 0.6 is 0 Å². The number of nitrogens with zero attached hydrogens (tertiary/aromatic N) is 1. The molecule has 0 unspecified atom stereocenters. The monoisotopic (exact) mass is 379 g/mol. The first-order valence-electron chi connectivity index (χ1n) is 9.97. The third-order valence-electron chi connectivity index (χ3n) is 5.65. The van der Waals surface area contributed by atoms with Crippen LogP contribution in [0.15, 0.2) is 79.0 Å². The van der Waals surface area contributed by atoms with E-state index >= 15 is 0 Å². The minimum atomic E-state index is -0.900. The quantitative estimate of drug-likeness (QED) is 0.458. The summed E-state index contributed by atoms with van der Waals surface area (Å²) in [6.07, 6.45) is 4.64. The predicted molar refractivity (Wildman–Crippen MR) is 115 cm³/mol. The Bertz CT molecular complexity index is 1210. The van der Waals surface area contributed by atoms with E-state index in [0.717, 1.165) is 29.4 Å². The third kappa shape index (κ3) is 3.64. The molecule has 0 radical (unpaired) electrons. The van der Waals surface area contributed by atoms with Gasteiger partial charge in [-0.1, -0.05) is 60.7 Å². The van der Waals surface area contributed by atoms with Gasteiger partial charge in [0.1, 0.15) is 0 Å². The number of rotatable bonds is 5. The number of fused-ring (bicyclic) bond motifs is 1. The zero-order chi connectivity index (χ0) is 19.8. The van der Waals surface area contributed by atoms with Crippen LogP contribution in [-0.2, 0) is 6.42 Å². The van der Waals surface area contributed by atoms with Crippen LogP contribution in [0.5, 0.6) is 0 Å². The fourth-order valence-electron chi connectivity index (χ4n) is 3.88. The molecule has 1 aromatic heterocycles. The van der Waals surface area contributed by atoms with Crippen LogP contribution in [-0.4, -0.2) is 16.1 Å². The number of carboxylic acid groups (broad SMARTS) is 1. The van der Waals surface area contributed by atoms with Crippen molar-refractivity contribution < 1.29 is 9.90 Å². The van der Waals surface area contributed by atoms with Crippen LogP contribution in [0, 0.1) is 0 Å². The van der Waals surface area contributed by atoms with E-state index in [0.29, 0.717) is 23.6 Å². The van der Waals surface area contributed by atoms with Crippen molar-refractivity contribution in [3.63, 3.8) is 0 Å². The van der Waals surface area contributed by atoms with Gasteiger partial charge in [-0.15, -0.1) is 0 Å². The topological polar surface area (TPSA) is 50.2 Å². The van der Waals surface area contributed by atoms with Crippen LogP contribution in [0.2, 0.25) is 0 Å². The molecule has 3 nitrogen and oxygen atoms in total. The lowest BCUT2D eigenvalue weighted by Gasteiger charge is -2.09. The Labute approximate surface area is 169 Å². The van der Waals surface area contributed by atoms with Gasteiger partial charge in [0.15, 0.2) is 0 Å². The Hall–Kier alpha value is -3.46. The molecule has 3 heteroatoms. The molecule has 3 aromatic carbocycles. The summed E-state index contributed by atoms with van der Waals surface area (Å²) in [6, 6.07) is 24.9. The smallest absolute Gasteiger partial charge is 0.337 e. The maximum atomic E-state index is 11.8. The molecular weight excluding hydrogens is 358 g/mol. The molecule has 1 aliphatic rings. The van der Waals surface area contributed by atoms with Crippen molar-refractivity contribution in [1.82, 2.24) is 4.98 Å². The van der Waals surface area contributed by atoms with Crippen LogP contribution < -0.4 is 0 Å². The first-order chi connectivity index (χ1) is 14.2. The van der Waals surface area contributed by atoms with Crippen LogP contribution in [0.25, 0.3) is 21.9 Å². The average molecular weight is 379 g/mol. The summed E-state index contributed by atoms with van der Waals surface area (Å²) in [6.45, 7) is 0. The molecule has 1 aliphatic carbocycles. The Balaban J connectivity index is 1.46. The predicted octanol–water partition coefficient (Wildman–Crippen LogP) is 6.07. The Kier molecular flexibility index (Phi) is 4.36. The summed E-state index contributed by atoms with van der Waals surface area (Å²) >= 11 is 0. The Morgan fingerprint density at radius 1 is 0.897 bits per heavy atom. The molecule has 0 amide bonds. The van der Waals surface area contributed by atoms with E-state index in [1.807, 2.05) is 30.5 Å². The molecule has 1 saturated carbocycles. The molecule has 1 fully saturated rings. The number of benzene rings is 3. The normalized spacial score (nSPS) is 13.5. The lowest BCUT2D eigenvalue weighted by molar-refractivity contribution is 0.0695. The van der Waals surface area contributed by atoms with Crippen molar-refractivity contribution >= 4 is 16.7 Å². The van der Waals surface area contributed by atoms with Crippen molar-refractivity contribution in [3.8, 4) is 11.1 Å². The first-order valence-corrected chi connectivity index (χ1v) is 9.97. The highest BCUT2D eigenvalue weighted by Gasteiger charge is 2.25. The van der Waals surface area contributed by atoms with E-state index in [1.54, 1.807) is 0 Å². The summed E-state index contributed by atoms with van der Waals surface area (Å²) < 4.78 is 0. The molecular formula is C26H21NO2. The largest absolute Gasteiger partial charge is 0.478 e. The van der Waals surface area contributed by atoms with Gasteiger partial charge < -0.3 is 5.11 Å². The van der Waals surface area contributed by atoms with Crippen molar-refractivity contribution in [2.24, 2.45) is 0 Å². The molecule has 0 bridgehead atoms. The van der Waals surface area contributed by atoms with E-state index < -0.39 is 5.97 Å². The molecule has 142 valence electrons. The van der Waals surface area contributed by atoms with E-state index in [1.165, 1.54) is 16.5 Å². The number of carbonyl (C=O) groups is 1. The standard InChI is InChI=1S/C26H21NO2/c28-26(29)24-15-23(19-8-9-19)16-27-25(24)13-17-6-7-22-14-21(11-10-20(22)12-17)18-4-2-1-3-5-18/h1-7,10-12,14-16,19H,8-9,13H2,(H,28,29). The average Bonchev–Trinajstić information content (AvgIpc) is 3.59. The number of aromatic carboxylic acids is 1. The molecule has 4 aromatic rings. The van der Waals surface area contributed by atoms with Crippen molar-refractivity contribution in [1.29, 1.82) is 0 Å². The summed E-state index contributed by atoms with van der Waals surface area (Å²) in [5.74, 6) is -0.405. The molecule has 0 saturated heterocycles. The second-order valence-electron chi connectivity index (χ2n) is 7.78. The maximum absolute atomic E-state index is 11.8. The van der Waals surface area contributed by atoms with Gasteiger partial charge in [-0.3, -0.25) is 4.98 Å². The zero-order valence-corrected chi connectivity index (χ0v) is 16.0. The van der Waals surface area contributed by atoms with Gasteiger partial charge in [0, 0.05) is 12.6 Å². The van der Waals surface area contributed by atoms with Gasteiger partial charge in [0.2, 0.25) is 0 Å². The third-order valence-corrected chi connectivity index (χ3v) is 5.65. The van der Waals surface area contributed by atoms with E-state index in [2.05, 4.69) is 53.5 Å². The van der Waals surface area contributed by atoms with Gasteiger partial charge in [-0.25, -0.2) is 4.79 Å². The van der Waals surface area contributed by atoms with Crippen molar-refractivity contribution in [2.75, 3.05) is 0 Å². The Morgan fingerprint density at radius 3 is 2.41 bits per heavy atom. The number of hydrogen-bond acceptors (Lipinski definition) is 2. The summed E-state index contributed by atoms with van der Waals surface area (Å²) in [7, 11) is 0. The highest BCUT2D eigenvalue weighted by Crippen LogP contribution is 2.40. The van der Waals surface area contributed by atoms with E-state index in [-0.39, 0.29) is 0 Å². The van der Waals surface area contributed by atoms with Gasteiger partial charge in [0.05, 0.1) is 11.3 Å². The van der Waals surface area contributed by atoms with Gasteiger partial charge in [-0.05, 0) is 63.9 Å². The second kappa shape index (κ2) is 7.17. The van der Waals surface area contributed by atoms with Gasteiger partial charge >= 0.3 is 5.97 Å². The minimum absolute atomic E-state index is 0.328. The molecule has 1 N–H and O–H groups in total. The van der Waals surface area contributed by atoms with E-state index in [9.17, 15) is 9.90 Å². The molecule has 5 rings (SSSR count). The van der Waals surface area contributed by atoms with Crippen LogP contribution in [0.1, 0.15) is 45.9 Å². The molecule has 1 heterocycles.